The minimum Gasteiger partial charge on any atom is -0.292 e. The molecule has 1 aliphatic carbocycles. The summed E-state index contributed by atoms with van der Waals surface area (Å²) in [7, 11) is 0. The van der Waals surface area contributed by atoms with Crippen LogP contribution in [0.15, 0.2) is 42.5 Å². The molecule has 2 aromatic rings. The molecule has 188 valence electrons. The number of ketones is 1. The van der Waals surface area contributed by atoms with E-state index < -0.39 is 46.8 Å². The lowest BCUT2D eigenvalue weighted by atomic mass is 9.81. The van der Waals surface area contributed by atoms with Crippen molar-refractivity contribution in [1.82, 2.24) is 10.0 Å². The average Bonchev–Trinajstić information content (AvgIpc) is 3.06. The summed E-state index contributed by atoms with van der Waals surface area (Å²) in [6.45, 7) is -0.699. The van der Waals surface area contributed by atoms with Gasteiger partial charge in [-0.15, -0.1) is 0 Å². The molecule has 13 heteroatoms. The number of amides is 3. The van der Waals surface area contributed by atoms with Crippen molar-refractivity contribution in [3.8, 4) is 0 Å². The standard InChI is InChI=1S/C23H17Br2Cl2N3O6/c24-17-8-15-16(9-18(17)25)23(34)29(22(15)33)28(10-20(31)14-5-4-12(26)7-19(14)27)21(32)11-2-1-3-13(6-11)30(35)36/h1-7,15-18H,8-10H2/t15-,16+,17+,18-. The largest absolute Gasteiger partial charge is 0.292 e. The predicted octanol–water partition coefficient (Wildman–Crippen LogP) is 5.06. The zero-order chi connectivity index (χ0) is 26.3. The van der Waals surface area contributed by atoms with Crippen molar-refractivity contribution in [2.45, 2.75) is 22.5 Å². The van der Waals surface area contributed by atoms with Crippen molar-refractivity contribution in [3.63, 3.8) is 0 Å². The highest BCUT2D eigenvalue weighted by Gasteiger charge is 2.54. The zero-order valence-corrected chi connectivity index (χ0v) is 23.0. The van der Waals surface area contributed by atoms with Gasteiger partial charge in [-0.1, -0.05) is 61.1 Å². The molecule has 1 heterocycles. The number of carbonyl (C=O) groups excluding carboxylic acids is 4. The molecule has 1 saturated heterocycles. The summed E-state index contributed by atoms with van der Waals surface area (Å²) in [5, 5.41) is 13.0. The van der Waals surface area contributed by atoms with E-state index in [-0.39, 0.29) is 31.5 Å². The van der Waals surface area contributed by atoms with Crippen molar-refractivity contribution >= 4 is 84.3 Å². The first kappa shape index (κ1) is 26.7. The lowest BCUT2D eigenvalue weighted by molar-refractivity contribution is -0.384. The Labute approximate surface area is 232 Å². The quantitative estimate of drug-likeness (QED) is 0.140. The van der Waals surface area contributed by atoms with Crippen LogP contribution < -0.4 is 0 Å². The molecular formula is C23H17Br2Cl2N3O6. The van der Waals surface area contributed by atoms with Crippen molar-refractivity contribution in [2.24, 2.45) is 11.8 Å². The summed E-state index contributed by atoms with van der Waals surface area (Å²) < 4.78 is 0. The molecule has 0 radical (unpaired) electrons. The van der Waals surface area contributed by atoms with Gasteiger partial charge in [0.1, 0.15) is 6.54 Å². The van der Waals surface area contributed by atoms with Crippen molar-refractivity contribution in [2.75, 3.05) is 6.54 Å². The van der Waals surface area contributed by atoms with E-state index in [1.807, 2.05) is 0 Å². The molecule has 1 saturated carbocycles. The monoisotopic (exact) mass is 659 g/mol. The van der Waals surface area contributed by atoms with Crippen molar-refractivity contribution in [1.29, 1.82) is 0 Å². The second kappa shape index (κ2) is 10.6. The third-order valence-electron chi connectivity index (χ3n) is 6.19. The summed E-state index contributed by atoms with van der Waals surface area (Å²) in [6, 6.07) is 9.02. The summed E-state index contributed by atoms with van der Waals surface area (Å²) in [6.07, 6.45) is 0.717. The van der Waals surface area contributed by atoms with Gasteiger partial charge in [0, 0.05) is 37.9 Å². The Hall–Kier alpha value is -2.34. The Balaban J connectivity index is 1.74. The lowest BCUT2D eigenvalue weighted by Crippen LogP contribution is -2.52. The van der Waals surface area contributed by atoms with Crippen LogP contribution in [0.25, 0.3) is 0 Å². The van der Waals surface area contributed by atoms with E-state index in [0.29, 0.717) is 22.9 Å². The summed E-state index contributed by atoms with van der Waals surface area (Å²) >= 11 is 19.1. The predicted molar refractivity (Wildman–Crippen MR) is 138 cm³/mol. The van der Waals surface area contributed by atoms with E-state index in [4.69, 9.17) is 23.2 Å². The van der Waals surface area contributed by atoms with Crippen LogP contribution in [0.1, 0.15) is 33.6 Å². The van der Waals surface area contributed by atoms with Crippen LogP contribution in [-0.4, -0.2) is 54.6 Å². The number of nitro benzene ring substituents is 1. The molecule has 9 nitrogen and oxygen atoms in total. The highest BCUT2D eigenvalue weighted by molar-refractivity contribution is 9.12. The van der Waals surface area contributed by atoms with E-state index in [1.165, 1.54) is 36.4 Å². The topological polar surface area (TPSA) is 118 Å². The number of fused-ring (bicyclic) bond motifs is 1. The highest BCUT2D eigenvalue weighted by atomic mass is 79.9. The van der Waals surface area contributed by atoms with Gasteiger partial charge in [0.2, 0.25) is 0 Å². The summed E-state index contributed by atoms with van der Waals surface area (Å²) in [5.41, 5.74) is -0.480. The molecule has 4 atom stereocenters. The molecule has 4 rings (SSSR count). The molecule has 0 spiro atoms. The Bertz CT molecular complexity index is 1260. The molecular weight excluding hydrogens is 645 g/mol. The van der Waals surface area contributed by atoms with Gasteiger partial charge in [0.15, 0.2) is 5.78 Å². The lowest BCUT2D eigenvalue weighted by Gasteiger charge is -2.30. The Morgan fingerprint density at radius 3 is 2.19 bits per heavy atom. The van der Waals surface area contributed by atoms with Gasteiger partial charge in [-0.2, -0.15) is 5.01 Å². The van der Waals surface area contributed by atoms with Crippen LogP contribution in [-0.2, 0) is 9.59 Å². The fourth-order valence-electron chi connectivity index (χ4n) is 4.39. The number of nitro groups is 1. The third kappa shape index (κ3) is 5.06. The smallest absolute Gasteiger partial charge is 0.273 e. The van der Waals surface area contributed by atoms with Crippen LogP contribution >= 0.6 is 55.1 Å². The number of carbonyl (C=O) groups is 4. The maximum Gasteiger partial charge on any atom is 0.273 e. The molecule has 0 N–H and O–H groups in total. The molecule has 1 aliphatic heterocycles. The fourth-order valence-corrected chi connectivity index (χ4v) is 6.14. The van der Waals surface area contributed by atoms with Gasteiger partial charge in [0.25, 0.3) is 23.4 Å². The van der Waals surface area contributed by atoms with Crippen LogP contribution in [0, 0.1) is 22.0 Å². The van der Waals surface area contributed by atoms with E-state index in [0.717, 1.165) is 11.1 Å². The number of alkyl halides is 2. The molecule has 2 fully saturated rings. The van der Waals surface area contributed by atoms with Gasteiger partial charge in [-0.05, 0) is 37.1 Å². The Kier molecular flexibility index (Phi) is 7.84. The average molecular weight is 662 g/mol. The Morgan fingerprint density at radius 2 is 1.64 bits per heavy atom. The maximum absolute atomic E-state index is 13.6. The highest BCUT2D eigenvalue weighted by Crippen LogP contribution is 2.43. The van der Waals surface area contributed by atoms with Gasteiger partial charge in [-0.25, -0.2) is 5.01 Å². The van der Waals surface area contributed by atoms with Gasteiger partial charge >= 0.3 is 0 Å². The number of hydrazine groups is 1. The first-order chi connectivity index (χ1) is 17.0. The number of rotatable bonds is 6. The molecule has 0 unspecified atom stereocenters. The van der Waals surface area contributed by atoms with E-state index in [2.05, 4.69) is 31.9 Å². The van der Waals surface area contributed by atoms with Gasteiger partial charge in [-0.3, -0.25) is 29.3 Å². The summed E-state index contributed by atoms with van der Waals surface area (Å²) in [4.78, 5) is 64.0. The van der Waals surface area contributed by atoms with E-state index >= 15 is 0 Å². The molecule has 2 aliphatic rings. The SMILES string of the molecule is O=C(CN(C(=O)c1cccc([N+](=O)[O-])c1)N1C(=O)[C@H]2C[C@@H](Br)[C@@H](Br)C[C@H]2C1=O)c1ccc(Cl)cc1Cl. The van der Waals surface area contributed by atoms with Crippen LogP contribution in [0.2, 0.25) is 10.0 Å². The number of Topliss-reactive ketones (excluding diaryl/α,β-unsaturated/α-hetero) is 1. The minimum absolute atomic E-state index is 0.0345. The number of hydrogen-bond acceptors (Lipinski definition) is 6. The first-order valence-corrected chi connectivity index (χ1v) is 13.3. The van der Waals surface area contributed by atoms with Gasteiger partial charge in [0.05, 0.1) is 21.8 Å². The normalized spacial score (nSPS) is 23.4. The van der Waals surface area contributed by atoms with Crippen LogP contribution in [0.4, 0.5) is 5.69 Å². The fraction of sp³-hybridized carbons (Fsp3) is 0.304. The molecule has 0 bridgehead atoms. The van der Waals surface area contributed by atoms with E-state index in [1.54, 1.807) is 0 Å². The number of halogens is 4. The number of nitrogens with zero attached hydrogens (tertiary/aromatic N) is 3. The molecule has 36 heavy (non-hydrogen) atoms. The van der Waals surface area contributed by atoms with Gasteiger partial charge < -0.3 is 0 Å². The van der Waals surface area contributed by atoms with Crippen LogP contribution in [0.3, 0.4) is 0 Å². The molecule has 3 amide bonds. The van der Waals surface area contributed by atoms with Crippen LogP contribution in [0.5, 0.6) is 0 Å². The number of benzene rings is 2. The maximum atomic E-state index is 13.6. The minimum atomic E-state index is -0.914. The first-order valence-electron chi connectivity index (χ1n) is 10.7. The van der Waals surface area contributed by atoms with E-state index in [9.17, 15) is 29.3 Å². The van der Waals surface area contributed by atoms with Crippen molar-refractivity contribution < 1.29 is 24.1 Å². The Morgan fingerprint density at radius 1 is 1.03 bits per heavy atom. The zero-order valence-electron chi connectivity index (χ0n) is 18.3. The van der Waals surface area contributed by atoms with Crippen molar-refractivity contribution in [3.05, 3.63) is 73.8 Å². The molecule has 0 aromatic heterocycles. The number of hydrogen-bond donors (Lipinski definition) is 0. The second-order valence-corrected chi connectivity index (χ2v) is 11.6. The molecule has 2 aromatic carbocycles. The summed E-state index contributed by atoms with van der Waals surface area (Å²) in [5.74, 6) is -4.13. The third-order valence-corrected chi connectivity index (χ3v) is 9.47. The number of non-ortho nitro benzene ring substituents is 1. The number of imide groups is 1. The second-order valence-electron chi connectivity index (χ2n) is 8.42.